The number of carbonyl (C=O) groups excluding carboxylic acids is 3. The quantitative estimate of drug-likeness (QED) is 0.187. The molecule has 0 bridgehead atoms. The predicted octanol–water partition coefficient (Wildman–Crippen LogP) is 6.84. The predicted molar refractivity (Wildman–Crippen MR) is 150 cm³/mol. The molecule has 0 radical (unpaired) electrons. The molecule has 1 aromatic heterocycles. The maximum absolute atomic E-state index is 13.4. The molecule has 200 valence electrons. The van der Waals surface area contributed by atoms with Crippen LogP contribution in [-0.2, 0) is 22.6 Å². The Morgan fingerprint density at radius 1 is 0.846 bits per heavy atom. The number of ketones is 1. The van der Waals surface area contributed by atoms with Crippen molar-refractivity contribution in [2.45, 2.75) is 39.5 Å². The Labute approximate surface area is 232 Å². The molecule has 0 atom stereocenters. The van der Waals surface area contributed by atoms with Crippen molar-refractivity contribution in [3.8, 4) is 0 Å². The average Bonchev–Trinajstić information content (AvgIpc) is 2.92. The third-order valence-corrected chi connectivity index (χ3v) is 6.20. The number of benzene rings is 3. The van der Waals surface area contributed by atoms with Crippen molar-refractivity contribution in [1.29, 1.82) is 0 Å². The third kappa shape index (κ3) is 6.81. The molecular formula is C31H29ClN2O5. The van der Waals surface area contributed by atoms with Crippen LogP contribution in [0.5, 0.6) is 0 Å². The largest absolute Gasteiger partial charge is 0.465 e. The number of halogens is 1. The molecule has 39 heavy (non-hydrogen) atoms. The fraction of sp³-hybridized carbons (Fsp3) is 0.226. The first kappa shape index (κ1) is 27.8. The van der Waals surface area contributed by atoms with Gasteiger partial charge in [0.05, 0.1) is 12.7 Å². The van der Waals surface area contributed by atoms with E-state index in [0.29, 0.717) is 33.5 Å². The standard InChI is InChI=1S/C31H29ClN2O5/c1-31(2,3)39-30(37)34(19-21-11-15-23(32)16-12-21)18-20-9-13-22(14-10-20)28(35)27-25-8-6-5-7-24(25)26(17-33-27)29(36)38-4/h5-17H,18-19H2,1-4H3. The molecule has 0 N–H and O–H groups in total. The summed E-state index contributed by atoms with van der Waals surface area (Å²) in [6.07, 6.45) is 0.921. The van der Waals surface area contributed by atoms with Gasteiger partial charge < -0.3 is 9.47 Å². The molecule has 7 nitrogen and oxygen atoms in total. The molecular weight excluding hydrogens is 516 g/mol. The maximum Gasteiger partial charge on any atom is 0.410 e. The minimum absolute atomic E-state index is 0.240. The van der Waals surface area contributed by atoms with E-state index in [9.17, 15) is 14.4 Å². The summed E-state index contributed by atoms with van der Waals surface area (Å²) in [4.78, 5) is 44.5. The van der Waals surface area contributed by atoms with E-state index in [1.165, 1.54) is 13.3 Å². The van der Waals surface area contributed by atoms with E-state index in [1.54, 1.807) is 65.6 Å². The third-order valence-electron chi connectivity index (χ3n) is 5.94. The zero-order valence-corrected chi connectivity index (χ0v) is 23.0. The van der Waals surface area contributed by atoms with Crippen LogP contribution in [-0.4, -0.2) is 40.4 Å². The summed E-state index contributed by atoms with van der Waals surface area (Å²) in [6, 6.07) is 21.4. The molecule has 1 amide bonds. The second-order valence-corrected chi connectivity index (χ2v) is 10.5. The van der Waals surface area contributed by atoms with Gasteiger partial charge in [-0.05, 0) is 44.0 Å². The SMILES string of the molecule is COC(=O)c1cnc(C(=O)c2ccc(CN(Cc3ccc(Cl)cc3)C(=O)OC(C)(C)C)cc2)c2ccccc12. The van der Waals surface area contributed by atoms with Gasteiger partial charge in [0, 0.05) is 40.6 Å². The zero-order valence-electron chi connectivity index (χ0n) is 22.2. The zero-order chi connectivity index (χ0) is 28.2. The number of amides is 1. The van der Waals surface area contributed by atoms with Crippen LogP contribution in [0.2, 0.25) is 5.02 Å². The lowest BCUT2D eigenvalue weighted by Gasteiger charge is -2.27. The van der Waals surface area contributed by atoms with Crippen molar-refractivity contribution in [3.05, 3.63) is 112 Å². The van der Waals surface area contributed by atoms with Gasteiger partial charge in [0.15, 0.2) is 0 Å². The summed E-state index contributed by atoms with van der Waals surface area (Å²) in [7, 11) is 1.30. The Balaban J connectivity index is 1.58. The smallest absolute Gasteiger partial charge is 0.410 e. The Morgan fingerprint density at radius 3 is 1.97 bits per heavy atom. The van der Waals surface area contributed by atoms with Gasteiger partial charge in [-0.3, -0.25) is 14.7 Å². The number of fused-ring (bicyclic) bond motifs is 1. The van der Waals surface area contributed by atoms with E-state index < -0.39 is 17.7 Å². The lowest BCUT2D eigenvalue weighted by atomic mass is 9.99. The number of ether oxygens (including phenoxy) is 2. The first-order chi connectivity index (χ1) is 18.6. The summed E-state index contributed by atoms with van der Waals surface area (Å²) in [5, 5.41) is 1.77. The summed E-state index contributed by atoms with van der Waals surface area (Å²) < 4.78 is 10.5. The molecule has 3 aromatic carbocycles. The van der Waals surface area contributed by atoms with Crippen molar-refractivity contribution in [1.82, 2.24) is 9.88 Å². The molecule has 0 aliphatic carbocycles. The molecule has 4 aromatic rings. The second kappa shape index (κ2) is 11.7. The number of methoxy groups -OCH3 is 1. The Hall–Kier alpha value is -4.23. The second-order valence-electron chi connectivity index (χ2n) is 10.0. The minimum Gasteiger partial charge on any atom is -0.465 e. The number of rotatable bonds is 7. The lowest BCUT2D eigenvalue weighted by Crippen LogP contribution is -2.36. The van der Waals surface area contributed by atoms with Crippen molar-refractivity contribution in [2.75, 3.05) is 7.11 Å². The minimum atomic E-state index is -0.648. The van der Waals surface area contributed by atoms with Gasteiger partial charge in [0.25, 0.3) is 0 Å². The highest BCUT2D eigenvalue weighted by Crippen LogP contribution is 2.24. The van der Waals surface area contributed by atoms with Crippen LogP contribution >= 0.6 is 11.6 Å². The van der Waals surface area contributed by atoms with Gasteiger partial charge in [-0.1, -0.05) is 72.3 Å². The first-order valence-electron chi connectivity index (χ1n) is 12.4. The molecule has 0 saturated heterocycles. The van der Waals surface area contributed by atoms with Gasteiger partial charge in [-0.25, -0.2) is 9.59 Å². The van der Waals surface area contributed by atoms with Gasteiger partial charge in [-0.15, -0.1) is 0 Å². The molecule has 4 rings (SSSR count). The van der Waals surface area contributed by atoms with Crippen LogP contribution in [0.25, 0.3) is 10.8 Å². The normalized spacial score (nSPS) is 11.2. The fourth-order valence-electron chi connectivity index (χ4n) is 4.09. The summed E-state index contributed by atoms with van der Waals surface area (Å²) >= 11 is 6.01. The highest BCUT2D eigenvalue weighted by molar-refractivity contribution is 6.30. The average molecular weight is 545 g/mol. The highest BCUT2D eigenvalue weighted by Gasteiger charge is 2.23. The van der Waals surface area contributed by atoms with E-state index in [4.69, 9.17) is 21.1 Å². The number of carbonyl (C=O) groups is 3. The number of nitrogens with zero attached hydrogens (tertiary/aromatic N) is 2. The maximum atomic E-state index is 13.4. The molecule has 0 aliphatic heterocycles. The molecule has 0 saturated carbocycles. The Morgan fingerprint density at radius 2 is 1.41 bits per heavy atom. The van der Waals surface area contributed by atoms with Crippen LogP contribution in [0.15, 0.2) is 79.0 Å². The van der Waals surface area contributed by atoms with E-state index in [2.05, 4.69) is 4.98 Å². The molecule has 0 unspecified atom stereocenters. The Bertz CT molecular complexity index is 1510. The fourth-order valence-corrected chi connectivity index (χ4v) is 4.21. The van der Waals surface area contributed by atoms with Gasteiger partial charge in [0.1, 0.15) is 11.3 Å². The van der Waals surface area contributed by atoms with Crippen LogP contribution < -0.4 is 0 Å². The van der Waals surface area contributed by atoms with E-state index in [1.807, 2.05) is 32.9 Å². The molecule has 0 fully saturated rings. The molecule has 8 heteroatoms. The van der Waals surface area contributed by atoms with Gasteiger partial charge in [0.2, 0.25) is 5.78 Å². The van der Waals surface area contributed by atoms with Crippen molar-refractivity contribution in [3.63, 3.8) is 0 Å². The highest BCUT2D eigenvalue weighted by atomic mass is 35.5. The molecule has 1 heterocycles. The van der Waals surface area contributed by atoms with Crippen LogP contribution in [0.4, 0.5) is 4.79 Å². The summed E-state index contributed by atoms with van der Waals surface area (Å²) in [5.41, 5.74) is 2.05. The van der Waals surface area contributed by atoms with Crippen LogP contribution in [0, 0.1) is 0 Å². The number of esters is 1. The number of hydrogen-bond donors (Lipinski definition) is 0. The van der Waals surface area contributed by atoms with Crippen LogP contribution in [0.1, 0.15) is 58.3 Å². The first-order valence-corrected chi connectivity index (χ1v) is 12.8. The van der Waals surface area contributed by atoms with E-state index in [-0.39, 0.29) is 18.0 Å². The van der Waals surface area contributed by atoms with Crippen molar-refractivity contribution in [2.24, 2.45) is 0 Å². The molecule has 0 aliphatic rings. The Kier molecular flexibility index (Phi) is 8.31. The molecule has 0 spiro atoms. The summed E-state index contributed by atoms with van der Waals surface area (Å²) in [5.74, 6) is -0.797. The van der Waals surface area contributed by atoms with Crippen molar-refractivity contribution < 1.29 is 23.9 Å². The van der Waals surface area contributed by atoms with E-state index in [0.717, 1.165) is 11.1 Å². The summed E-state index contributed by atoms with van der Waals surface area (Å²) in [6.45, 7) is 6.07. The van der Waals surface area contributed by atoms with Crippen molar-refractivity contribution >= 4 is 40.2 Å². The topological polar surface area (TPSA) is 85.8 Å². The van der Waals surface area contributed by atoms with Crippen LogP contribution in [0.3, 0.4) is 0 Å². The van der Waals surface area contributed by atoms with Gasteiger partial charge >= 0.3 is 12.1 Å². The van der Waals surface area contributed by atoms with E-state index >= 15 is 0 Å². The lowest BCUT2D eigenvalue weighted by molar-refractivity contribution is 0.0216. The number of hydrogen-bond acceptors (Lipinski definition) is 6. The monoisotopic (exact) mass is 544 g/mol. The number of aromatic nitrogens is 1. The number of pyridine rings is 1. The van der Waals surface area contributed by atoms with Gasteiger partial charge in [-0.2, -0.15) is 0 Å².